The molecule has 6 heteroatoms. The van der Waals surface area contributed by atoms with Crippen molar-refractivity contribution >= 4 is 7.32 Å². The van der Waals surface area contributed by atoms with Gasteiger partial charge in [0.15, 0.2) is 0 Å². The topological polar surface area (TPSA) is 75.5 Å². The molecule has 1 rings (SSSR count). The van der Waals surface area contributed by atoms with E-state index in [4.69, 9.17) is 14.7 Å². The van der Waals surface area contributed by atoms with Gasteiger partial charge in [-0.2, -0.15) is 0 Å². The number of rotatable bonds is 2. The van der Waals surface area contributed by atoms with Crippen molar-refractivity contribution in [3.8, 4) is 5.75 Å². The van der Waals surface area contributed by atoms with E-state index in [1.54, 1.807) is 20.8 Å². The first-order valence-corrected chi connectivity index (χ1v) is 3.85. The molecule has 0 radical (unpaired) electrons. The summed E-state index contributed by atoms with van der Waals surface area (Å²) in [7, 11) is -1.83. The third-order valence-electron chi connectivity index (χ3n) is 1.54. The molecule has 1 heterocycles. The van der Waals surface area contributed by atoms with E-state index in [-0.39, 0.29) is 0 Å². The van der Waals surface area contributed by atoms with Crippen LogP contribution in [0.5, 0.6) is 5.75 Å². The van der Waals surface area contributed by atoms with Crippen LogP contribution in [-0.4, -0.2) is 27.3 Å². The van der Waals surface area contributed by atoms with Crippen LogP contribution in [0.3, 0.4) is 0 Å². The average Bonchev–Trinajstić information content (AvgIpc) is 1.96. The van der Waals surface area contributed by atoms with Crippen molar-refractivity contribution in [2.45, 2.75) is 20.8 Å². The molecule has 1 aromatic heterocycles. The van der Waals surface area contributed by atoms with Crippen LogP contribution in [0.4, 0.5) is 0 Å². The highest BCUT2D eigenvalue weighted by Crippen LogP contribution is 2.19. The smallest absolute Gasteiger partial charge is 0.509 e. The lowest BCUT2D eigenvalue weighted by Crippen LogP contribution is -2.22. The minimum absolute atomic E-state index is 0.320. The molecule has 0 fully saturated rings. The summed E-state index contributed by atoms with van der Waals surface area (Å²) < 4.78 is 4.72. The molecule has 70 valence electrons. The number of hydrogen-bond acceptors (Lipinski definition) is 5. The molecule has 2 N–H and O–H groups in total. The van der Waals surface area contributed by atoms with Crippen LogP contribution < -0.4 is 4.65 Å². The Balaban J connectivity index is 3.06. The summed E-state index contributed by atoms with van der Waals surface area (Å²) in [6.07, 6.45) is 0. The van der Waals surface area contributed by atoms with Crippen molar-refractivity contribution in [3.05, 3.63) is 17.2 Å². The van der Waals surface area contributed by atoms with Gasteiger partial charge in [-0.1, -0.05) is 0 Å². The average molecular weight is 182 g/mol. The van der Waals surface area contributed by atoms with E-state index >= 15 is 0 Å². The number of aromatic nitrogens is 2. The second-order valence-electron chi connectivity index (χ2n) is 2.71. The molecule has 0 amide bonds. The van der Waals surface area contributed by atoms with E-state index in [0.29, 0.717) is 23.0 Å². The van der Waals surface area contributed by atoms with Gasteiger partial charge in [0.1, 0.15) is 11.6 Å². The fourth-order valence-corrected chi connectivity index (χ4v) is 1.15. The highest BCUT2D eigenvalue weighted by atomic mass is 16.6. The zero-order valence-corrected chi connectivity index (χ0v) is 7.77. The second-order valence-corrected chi connectivity index (χ2v) is 2.71. The Morgan fingerprint density at radius 1 is 1.08 bits per heavy atom. The Bertz CT molecular complexity index is 294. The van der Waals surface area contributed by atoms with E-state index in [1.807, 2.05) is 0 Å². The van der Waals surface area contributed by atoms with Crippen LogP contribution in [0.25, 0.3) is 0 Å². The largest absolute Gasteiger partial charge is 0.707 e. The molecule has 0 atom stereocenters. The lowest BCUT2D eigenvalue weighted by Gasteiger charge is -2.10. The van der Waals surface area contributed by atoms with Crippen LogP contribution in [0, 0.1) is 20.8 Å². The Morgan fingerprint density at radius 3 is 1.92 bits per heavy atom. The molecule has 13 heavy (non-hydrogen) atoms. The summed E-state index contributed by atoms with van der Waals surface area (Å²) in [5.41, 5.74) is 1.19. The van der Waals surface area contributed by atoms with Gasteiger partial charge in [-0.25, -0.2) is 9.97 Å². The highest BCUT2D eigenvalue weighted by molar-refractivity contribution is 6.33. The maximum absolute atomic E-state index is 8.60. The molecule has 0 saturated carbocycles. The van der Waals surface area contributed by atoms with Gasteiger partial charge in [0.2, 0.25) is 0 Å². The molecule has 0 aromatic carbocycles. The fourth-order valence-electron chi connectivity index (χ4n) is 1.15. The Kier molecular flexibility index (Phi) is 2.85. The van der Waals surface area contributed by atoms with Crippen molar-refractivity contribution < 1.29 is 14.7 Å². The van der Waals surface area contributed by atoms with Crippen LogP contribution in [-0.2, 0) is 0 Å². The Morgan fingerprint density at radius 2 is 1.54 bits per heavy atom. The summed E-state index contributed by atoms with van der Waals surface area (Å²) in [4.78, 5) is 8.06. The molecular weight excluding hydrogens is 171 g/mol. The molecule has 0 spiro atoms. The molecule has 0 saturated heterocycles. The highest BCUT2D eigenvalue weighted by Gasteiger charge is 2.16. The van der Waals surface area contributed by atoms with Gasteiger partial charge in [-0.15, -0.1) is 0 Å². The summed E-state index contributed by atoms with van der Waals surface area (Å²) in [6, 6.07) is 0. The molecule has 0 unspecified atom stereocenters. The van der Waals surface area contributed by atoms with Crippen molar-refractivity contribution in [1.29, 1.82) is 0 Å². The third kappa shape index (κ3) is 2.40. The van der Waals surface area contributed by atoms with E-state index in [9.17, 15) is 0 Å². The van der Waals surface area contributed by atoms with Gasteiger partial charge in [0.25, 0.3) is 0 Å². The molecule has 0 aliphatic heterocycles. The van der Waals surface area contributed by atoms with Crippen molar-refractivity contribution in [1.82, 2.24) is 9.97 Å². The first-order valence-electron chi connectivity index (χ1n) is 3.85. The predicted molar refractivity (Wildman–Crippen MR) is 47.1 cm³/mol. The lowest BCUT2D eigenvalue weighted by atomic mass is 10.2. The van der Waals surface area contributed by atoms with Crippen LogP contribution in [0.1, 0.15) is 17.2 Å². The molecular formula is C7H11BN2O3. The molecule has 5 nitrogen and oxygen atoms in total. The summed E-state index contributed by atoms with van der Waals surface area (Å²) in [6.45, 7) is 5.21. The number of nitrogens with zero attached hydrogens (tertiary/aromatic N) is 2. The zero-order valence-electron chi connectivity index (χ0n) is 7.77. The maximum Gasteiger partial charge on any atom is 0.707 e. The predicted octanol–water partition coefficient (Wildman–Crippen LogP) is -0.250. The summed E-state index contributed by atoms with van der Waals surface area (Å²) >= 11 is 0. The first-order chi connectivity index (χ1) is 6.00. The lowest BCUT2D eigenvalue weighted by molar-refractivity contribution is 0.285. The Hall–Kier alpha value is -1.14. The molecule has 1 aromatic rings. The standard InChI is InChI=1S/C7H11BN2O3/c1-4-7(13-8(11)12)5(2)10-6(3)9-4/h11-12H,1-3H3. The second kappa shape index (κ2) is 3.72. The third-order valence-corrected chi connectivity index (χ3v) is 1.54. The van der Waals surface area contributed by atoms with Gasteiger partial charge in [0.05, 0.1) is 11.4 Å². The van der Waals surface area contributed by atoms with Gasteiger partial charge in [0, 0.05) is 0 Å². The minimum Gasteiger partial charge on any atom is -0.509 e. The quantitative estimate of drug-likeness (QED) is 0.616. The van der Waals surface area contributed by atoms with Gasteiger partial charge < -0.3 is 14.7 Å². The maximum atomic E-state index is 8.60. The monoisotopic (exact) mass is 182 g/mol. The Labute approximate surface area is 76.6 Å². The number of aryl methyl sites for hydroxylation is 3. The van der Waals surface area contributed by atoms with E-state index in [0.717, 1.165) is 0 Å². The van der Waals surface area contributed by atoms with Crippen LogP contribution in [0.15, 0.2) is 0 Å². The van der Waals surface area contributed by atoms with Gasteiger partial charge >= 0.3 is 7.32 Å². The zero-order chi connectivity index (χ0) is 10.0. The van der Waals surface area contributed by atoms with E-state index < -0.39 is 7.32 Å². The van der Waals surface area contributed by atoms with E-state index in [1.165, 1.54) is 0 Å². The van der Waals surface area contributed by atoms with Gasteiger partial charge in [-0.05, 0) is 20.8 Å². The van der Waals surface area contributed by atoms with Crippen molar-refractivity contribution in [2.24, 2.45) is 0 Å². The van der Waals surface area contributed by atoms with Crippen LogP contribution >= 0.6 is 0 Å². The van der Waals surface area contributed by atoms with Crippen molar-refractivity contribution in [2.75, 3.05) is 0 Å². The van der Waals surface area contributed by atoms with Gasteiger partial charge in [-0.3, -0.25) is 0 Å². The molecule has 0 aliphatic carbocycles. The SMILES string of the molecule is Cc1nc(C)c(OB(O)O)c(C)n1. The molecule has 0 bridgehead atoms. The van der Waals surface area contributed by atoms with Crippen molar-refractivity contribution in [3.63, 3.8) is 0 Å². The normalized spacial score (nSPS) is 9.92. The summed E-state index contributed by atoms with van der Waals surface area (Å²) in [5, 5.41) is 17.2. The molecule has 0 aliphatic rings. The fraction of sp³-hybridized carbons (Fsp3) is 0.429. The van der Waals surface area contributed by atoms with E-state index in [2.05, 4.69) is 9.97 Å². The van der Waals surface area contributed by atoms with Crippen LogP contribution in [0.2, 0.25) is 0 Å². The summed E-state index contributed by atoms with van der Waals surface area (Å²) in [5.74, 6) is 0.954. The number of hydrogen-bond donors (Lipinski definition) is 2. The minimum atomic E-state index is -1.83. The first kappa shape index (κ1) is 9.95.